The van der Waals surface area contributed by atoms with Crippen LogP contribution in [0, 0.1) is 11.3 Å². The molecule has 0 radical (unpaired) electrons. The predicted octanol–water partition coefficient (Wildman–Crippen LogP) is 1.74. The second-order valence-corrected chi connectivity index (χ2v) is 5.35. The van der Waals surface area contributed by atoms with E-state index < -0.39 is 11.9 Å². The molecule has 0 spiro atoms. The molecule has 5 nitrogen and oxygen atoms in total. The highest BCUT2D eigenvalue weighted by atomic mass is 32.2. The van der Waals surface area contributed by atoms with E-state index in [9.17, 15) is 9.59 Å². The van der Waals surface area contributed by atoms with Crippen LogP contribution in [0.5, 0.6) is 0 Å². The van der Waals surface area contributed by atoms with Gasteiger partial charge in [0.1, 0.15) is 5.25 Å². The Labute approximate surface area is 122 Å². The minimum absolute atomic E-state index is 0.236. The van der Waals surface area contributed by atoms with Gasteiger partial charge in [-0.25, -0.2) is 0 Å². The van der Waals surface area contributed by atoms with Crippen molar-refractivity contribution in [2.75, 3.05) is 13.2 Å². The van der Waals surface area contributed by atoms with Gasteiger partial charge in [0.25, 0.3) is 5.91 Å². The first-order valence-corrected chi connectivity index (χ1v) is 7.03. The third-order valence-corrected chi connectivity index (χ3v) is 3.38. The summed E-state index contributed by atoms with van der Waals surface area (Å²) in [6, 6.07) is 11.4. The molecular formula is C14H16N2O3S. The van der Waals surface area contributed by atoms with E-state index in [1.54, 1.807) is 6.92 Å². The number of thioether (sulfide) groups is 1. The molecule has 20 heavy (non-hydrogen) atoms. The fourth-order valence-corrected chi connectivity index (χ4v) is 2.20. The fraction of sp³-hybridized carbons (Fsp3) is 0.357. The summed E-state index contributed by atoms with van der Waals surface area (Å²) in [5, 5.41) is 10.4. The van der Waals surface area contributed by atoms with Crippen molar-refractivity contribution in [3.63, 3.8) is 0 Å². The quantitative estimate of drug-likeness (QED) is 0.470. The minimum Gasteiger partial charge on any atom is -0.455 e. The van der Waals surface area contributed by atoms with E-state index in [0.717, 1.165) is 4.90 Å². The molecule has 1 amide bonds. The van der Waals surface area contributed by atoms with E-state index in [2.05, 4.69) is 5.32 Å². The van der Waals surface area contributed by atoms with Crippen molar-refractivity contribution in [2.45, 2.75) is 23.5 Å². The summed E-state index contributed by atoms with van der Waals surface area (Å²) in [7, 11) is 0. The number of carbonyl (C=O) groups excluding carboxylic acids is 2. The van der Waals surface area contributed by atoms with Crippen LogP contribution < -0.4 is 5.32 Å². The van der Waals surface area contributed by atoms with Gasteiger partial charge < -0.3 is 10.1 Å². The summed E-state index contributed by atoms with van der Waals surface area (Å²) in [5.41, 5.74) is 0. The third-order valence-electron chi connectivity index (χ3n) is 2.29. The van der Waals surface area contributed by atoms with Crippen molar-refractivity contribution < 1.29 is 14.3 Å². The molecule has 1 atom stereocenters. The molecule has 106 valence electrons. The molecule has 0 bridgehead atoms. The molecule has 6 heteroatoms. The van der Waals surface area contributed by atoms with Crippen molar-refractivity contribution >= 4 is 23.6 Å². The van der Waals surface area contributed by atoms with Crippen LogP contribution in [0.1, 0.15) is 13.3 Å². The number of benzene rings is 1. The normalized spacial score (nSPS) is 11.2. The summed E-state index contributed by atoms with van der Waals surface area (Å²) in [6.45, 7) is 1.68. The van der Waals surface area contributed by atoms with Gasteiger partial charge >= 0.3 is 5.97 Å². The zero-order valence-corrected chi connectivity index (χ0v) is 12.0. The Morgan fingerprint density at radius 3 is 2.75 bits per heavy atom. The molecule has 0 aliphatic heterocycles. The number of nitrogens with one attached hydrogen (secondary N) is 1. The van der Waals surface area contributed by atoms with Gasteiger partial charge in [0, 0.05) is 11.4 Å². The first-order chi connectivity index (χ1) is 9.63. The van der Waals surface area contributed by atoms with Crippen LogP contribution in [-0.4, -0.2) is 30.3 Å². The molecule has 0 heterocycles. The first kappa shape index (κ1) is 16.1. The van der Waals surface area contributed by atoms with Crippen LogP contribution >= 0.6 is 11.8 Å². The molecule has 0 unspecified atom stereocenters. The highest BCUT2D eigenvalue weighted by molar-refractivity contribution is 8.00. The number of rotatable bonds is 7. The standard InChI is InChI=1S/C14H16N2O3S/c1-11(20-12-6-3-2-4-7-12)14(18)19-10-13(17)16-9-5-8-15/h2-4,6-7,11H,5,9-10H2,1H3,(H,16,17)/t11-/m1/s1. The summed E-state index contributed by atoms with van der Waals surface area (Å²) >= 11 is 1.38. The van der Waals surface area contributed by atoms with Crippen molar-refractivity contribution in [2.24, 2.45) is 0 Å². The smallest absolute Gasteiger partial charge is 0.319 e. The Bertz CT molecular complexity index is 485. The lowest BCUT2D eigenvalue weighted by Crippen LogP contribution is -2.31. The molecule has 1 aromatic rings. The van der Waals surface area contributed by atoms with E-state index in [-0.39, 0.29) is 24.8 Å². The summed E-state index contributed by atoms with van der Waals surface area (Å²) in [4.78, 5) is 24.0. The SMILES string of the molecule is C[C@@H](Sc1ccccc1)C(=O)OCC(=O)NCCC#N. The average Bonchev–Trinajstić information content (AvgIpc) is 2.46. The molecule has 0 aromatic heterocycles. The molecule has 1 N–H and O–H groups in total. The van der Waals surface area contributed by atoms with E-state index >= 15 is 0 Å². The second-order valence-electron chi connectivity index (χ2n) is 3.94. The highest BCUT2D eigenvalue weighted by Gasteiger charge is 2.17. The Morgan fingerprint density at radius 2 is 2.10 bits per heavy atom. The van der Waals surface area contributed by atoms with Crippen molar-refractivity contribution in [1.29, 1.82) is 5.26 Å². The summed E-state index contributed by atoms with van der Waals surface area (Å²) in [5.74, 6) is -0.834. The van der Waals surface area contributed by atoms with E-state index in [4.69, 9.17) is 10.00 Å². The van der Waals surface area contributed by atoms with Crippen LogP contribution in [0.25, 0.3) is 0 Å². The number of nitriles is 1. The molecule has 0 saturated heterocycles. The Balaban J connectivity index is 2.28. The maximum absolute atomic E-state index is 11.7. The molecule has 0 saturated carbocycles. The van der Waals surface area contributed by atoms with Crippen LogP contribution in [0.4, 0.5) is 0 Å². The van der Waals surface area contributed by atoms with Crippen molar-refractivity contribution in [1.82, 2.24) is 5.32 Å². The van der Waals surface area contributed by atoms with Gasteiger partial charge in [0.15, 0.2) is 6.61 Å². The molecule has 1 rings (SSSR count). The Morgan fingerprint density at radius 1 is 1.40 bits per heavy atom. The summed E-state index contributed by atoms with van der Waals surface area (Å²) < 4.78 is 4.91. The van der Waals surface area contributed by atoms with Crippen LogP contribution in [0.3, 0.4) is 0 Å². The topological polar surface area (TPSA) is 79.2 Å². The number of esters is 1. The van der Waals surface area contributed by atoms with Gasteiger partial charge in [-0.1, -0.05) is 18.2 Å². The Hall–Kier alpha value is -2.00. The molecule has 0 aliphatic rings. The number of hydrogen-bond donors (Lipinski definition) is 1. The highest BCUT2D eigenvalue weighted by Crippen LogP contribution is 2.23. The van der Waals surface area contributed by atoms with Gasteiger partial charge in [-0.15, -0.1) is 11.8 Å². The molecule has 0 fully saturated rings. The van der Waals surface area contributed by atoms with Crippen molar-refractivity contribution in [3.8, 4) is 6.07 Å². The molecule has 0 aliphatic carbocycles. The van der Waals surface area contributed by atoms with Gasteiger partial charge in [-0.2, -0.15) is 5.26 Å². The third kappa shape index (κ3) is 6.25. The van der Waals surface area contributed by atoms with E-state index in [1.165, 1.54) is 11.8 Å². The number of nitrogens with zero attached hydrogens (tertiary/aromatic N) is 1. The molecule has 1 aromatic carbocycles. The largest absolute Gasteiger partial charge is 0.455 e. The second kappa shape index (κ2) is 8.99. The van der Waals surface area contributed by atoms with Gasteiger partial charge in [0.05, 0.1) is 12.5 Å². The lowest BCUT2D eigenvalue weighted by atomic mass is 10.4. The lowest BCUT2D eigenvalue weighted by Gasteiger charge is -2.11. The predicted molar refractivity (Wildman–Crippen MR) is 76.0 cm³/mol. The minimum atomic E-state index is -0.436. The zero-order chi connectivity index (χ0) is 14.8. The number of carbonyl (C=O) groups is 2. The van der Waals surface area contributed by atoms with E-state index in [0.29, 0.717) is 0 Å². The van der Waals surface area contributed by atoms with Gasteiger partial charge in [0.2, 0.25) is 0 Å². The monoisotopic (exact) mass is 292 g/mol. The van der Waals surface area contributed by atoms with Crippen LogP contribution in [0.2, 0.25) is 0 Å². The summed E-state index contributed by atoms with van der Waals surface area (Å²) in [6.07, 6.45) is 0.236. The number of hydrogen-bond acceptors (Lipinski definition) is 5. The van der Waals surface area contributed by atoms with Gasteiger partial charge in [-0.3, -0.25) is 9.59 Å². The number of amides is 1. The maximum atomic E-state index is 11.7. The van der Waals surface area contributed by atoms with Crippen LogP contribution in [0.15, 0.2) is 35.2 Å². The van der Waals surface area contributed by atoms with E-state index in [1.807, 2.05) is 36.4 Å². The molecular weight excluding hydrogens is 276 g/mol. The first-order valence-electron chi connectivity index (χ1n) is 6.15. The lowest BCUT2D eigenvalue weighted by molar-refractivity contribution is -0.147. The zero-order valence-electron chi connectivity index (χ0n) is 11.2. The number of ether oxygens (including phenoxy) is 1. The van der Waals surface area contributed by atoms with Gasteiger partial charge in [-0.05, 0) is 19.1 Å². The van der Waals surface area contributed by atoms with Crippen LogP contribution in [-0.2, 0) is 14.3 Å². The fourth-order valence-electron chi connectivity index (χ4n) is 1.31. The Kier molecular flexibility index (Phi) is 7.22. The average molecular weight is 292 g/mol. The van der Waals surface area contributed by atoms with Crippen molar-refractivity contribution in [3.05, 3.63) is 30.3 Å². The maximum Gasteiger partial charge on any atom is 0.319 e.